The number of hydrogen-bond acceptors (Lipinski definition) is 4. The lowest BCUT2D eigenvalue weighted by Gasteiger charge is -2.22. The van der Waals surface area contributed by atoms with Crippen LogP contribution in [0.5, 0.6) is 5.75 Å². The molecule has 1 aromatic carbocycles. The summed E-state index contributed by atoms with van der Waals surface area (Å²) in [5, 5.41) is 11.8. The molecule has 0 amide bonds. The molecule has 1 N–H and O–H groups in total. The molecule has 27 heavy (non-hydrogen) atoms. The van der Waals surface area contributed by atoms with Crippen LogP contribution in [-0.4, -0.2) is 53.2 Å². The maximum atomic E-state index is 5.20. The Morgan fingerprint density at radius 1 is 1.19 bits per heavy atom. The highest BCUT2D eigenvalue weighted by Crippen LogP contribution is 2.12. The Balaban J connectivity index is 0.00000261. The van der Waals surface area contributed by atoms with E-state index in [1.807, 2.05) is 48.0 Å². The molecule has 0 aliphatic rings. The van der Waals surface area contributed by atoms with Crippen LogP contribution in [0.25, 0.3) is 5.65 Å². The number of benzene rings is 1. The smallest absolute Gasteiger partial charge is 0.193 e. The van der Waals surface area contributed by atoms with Crippen LogP contribution < -0.4 is 10.1 Å². The fraction of sp³-hybridized carbons (Fsp3) is 0.316. The molecule has 0 saturated carbocycles. The standard InChI is InChI=1S/C19H24N6O.HI/c1-20-19(24(2)14-15-7-9-16(26-3)10-8-15)21-12-11-18-23-22-17-6-4-5-13-25(17)18;/h4-10,13H,11-12,14H2,1-3H3,(H,20,21);1H. The molecule has 3 rings (SSSR count). The van der Waals surface area contributed by atoms with Crippen LogP contribution in [0.15, 0.2) is 53.7 Å². The minimum atomic E-state index is 0. The Kier molecular flexibility index (Phi) is 7.83. The molecule has 2 aromatic heterocycles. The van der Waals surface area contributed by atoms with Crippen molar-refractivity contribution in [2.24, 2.45) is 4.99 Å². The molecule has 0 aliphatic carbocycles. The monoisotopic (exact) mass is 480 g/mol. The third-order valence-corrected chi connectivity index (χ3v) is 4.17. The van der Waals surface area contributed by atoms with Crippen LogP contribution in [0.4, 0.5) is 0 Å². The third-order valence-electron chi connectivity index (χ3n) is 4.17. The second kappa shape index (κ2) is 10.1. The lowest BCUT2D eigenvalue weighted by molar-refractivity contribution is 0.414. The largest absolute Gasteiger partial charge is 0.497 e. The summed E-state index contributed by atoms with van der Waals surface area (Å²) in [7, 11) is 5.48. The summed E-state index contributed by atoms with van der Waals surface area (Å²) < 4.78 is 7.20. The van der Waals surface area contributed by atoms with Gasteiger partial charge in [0.2, 0.25) is 0 Å². The first-order valence-electron chi connectivity index (χ1n) is 8.54. The van der Waals surface area contributed by atoms with E-state index in [0.29, 0.717) is 0 Å². The van der Waals surface area contributed by atoms with E-state index in [9.17, 15) is 0 Å². The summed E-state index contributed by atoms with van der Waals surface area (Å²) >= 11 is 0. The van der Waals surface area contributed by atoms with E-state index in [-0.39, 0.29) is 24.0 Å². The number of aromatic nitrogens is 3. The van der Waals surface area contributed by atoms with Gasteiger partial charge in [-0.25, -0.2) is 0 Å². The van der Waals surface area contributed by atoms with Crippen LogP contribution >= 0.6 is 24.0 Å². The van der Waals surface area contributed by atoms with Crippen LogP contribution in [0.3, 0.4) is 0 Å². The zero-order chi connectivity index (χ0) is 18.4. The van der Waals surface area contributed by atoms with Crippen LogP contribution in [0.2, 0.25) is 0 Å². The van der Waals surface area contributed by atoms with E-state index < -0.39 is 0 Å². The van der Waals surface area contributed by atoms with Gasteiger partial charge in [-0.15, -0.1) is 34.2 Å². The number of pyridine rings is 1. The molecule has 0 radical (unpaired) electrons. The quantitative estimate of drug-likeness (QED) is 0.334. The van der Waals surface area contributed by atoms with E-state index in [4.69, 9.17) is 4.74 Å². The topological polar surface area (TPSA) is 67.0 Å². The number of halogens is 1. The molecule has 0 atom stereocenters. The number of fused-ring (bicyclic) bond motifs is 1. The van der Waals surface area contributed by atoms with Gasteiger partial charge in [-0.3, -0.25) is 9.39 Å². The van der Waals surface area contributed by atoms with E-state index in [1.54, 1.807) is 14.2 Å². The van der Waals surface area contributed by atoms with Crippen molar-refractivity contribution in [1.82, 2.24) is 24.8 Å². The Hall–Kier alpha value is -2.36. The van der Waals surface area contributed by atoms with Crippen molar-refractivity contribution < 1.29 is 4.74 Å². The summed E-state index contributed by atoms with van der Waals surface area (Å²) in [6.07, 6.45) is 2.75. The Labute approximate surface area is 176 Å². The highest BCUT2D eigenvalue weighted by Gasteiger charge is 2.08. The number of nitrogens with zero attached hydrogens (tertiary/aromatic N) is 5. The maximum Gasteiger partial charge on any atom is 0.193 e. The summed E-state index contributed by atoms with van der Waals surface area (Å²) in [4.78, 5) is 6.45. The van der Waals surface area contributed by atoms with Crippen LogP contribution in [-0.2, 0) is 13.0 Å². The molecular weight excluding hydrogens is 455 g/mol. The molecule has 7 nitrogen and oxygen atoms in total. The fourth-order valence-electron chi connectivity index (χ4n) is 2.81. The third kappa shape index (κ3) is 5.31. The minimum absolute atomic E-state index is 0. The van der Waals surface area contributed by atoms with Crippen molar-refractivity contribution in [3.05, 3.63) is 60.0 Å². The molecule has 0 bridgehead atoms. The average molecular weight is 480 g/mol. The molecule has 2 heterocycles. The van der Waals surface area contributed by atoms with E-state index in [1.165, 1.54) is 5.56 Å². The Morgan fingerprint density at radius 3 is 2.67 bits per heavy atom. The second-order valence-electron chi connectivity index (χ2n) is 5.97. The minimum Gasteiger partial charge on any atom is -0.497 e. The van der Waals surface area contributed by atoms with E-state index >= 15 is 0 Å². The summed E-state index contributed by atoms with van der Waals surface area (Å²) in [6.45, 7) is 1.49. The maximum absolute atomic E-state index is 5.20. The van der Waals surface area contributed by atoms with Gasteiger partial charge in [0.25, 0.3) is 0 Å². The van der Waals surface area contributed by atoms with Gasteiger partial charge in [0, 0.05) is 39.8 Å². The Bertz CT molecular complexity index is 877. The summed E-state index contributed by atoms with van der Waals surface area (Å²) in [5.41, 5.74) is 2.06. The Morgan fingerprint density at radius 2 is 1.96 bits per heavy atom. The van der Waals surface area contributed by atoms with Crippen molar-refractivity contribution in [3.8, 4) is 5.75 Å². The van der Waals surface area contributed by atoms with Crippen LogP contribution in [0, 0.1) is 0 Å². The van der Waals surface area contributed by atoms with Crippen molar-refractivity contribution in [2.75, 3.05) is 27.7 Å². The first-order valence-corrected chi connectivity index (χ1v) is 8.54. The first-order chi connectivity index (χ1) is 12.7. The predicted octanol–water partition coefficient (Wildman–Crippen LogP) is 2.61. The first kappa shape index (κ1) is 20.9. The zero-order valence-electron chi connectivity index (χ0n) is 15.8. The molecule has 8 heteroatoms. The van der Waals surface area contributed by atoms with Crippen molar-refractivity contribution >= 4 is 35.6 Å². The molecule has 0 spiro atoms. The number of hydrogen-bond donors (Lipinski definition) is 1. The van der Waals surface area contributed by atoms with Crippen molar-refractivity contribution in [2.45, 2.75) is 13.0 Å². The highest BCUT2D eigenvalue weighted by atomic mass is 127. The normalized spacial score (nSPS) is 11.1. The average Bonchev–Trinajstić information content (AvgIpc) is 3.09. The van der Waals surface area contributed by atoms with E-state index in [0.717, 1.165) is 42.7 Å². The molecule has 0 fully saturated rings. The lowest BCUT2D eigenvalue weighted by atomic mass is 10.2. The van der Waals surface area contributed by atoms with Gasteiger partial charge >= 0.3 is 0 Å². The van der Waals surface area contributed by atoms with Gasteiger partial charge < -0.3 is 15.0 Å². The fourth-order valence-corrected chi connectivity index (χ4v) is 2.81. The summed E-state index contributed by atoms with van der Waals surface area (Å²) in [5.74, 6) is 2.63. The van der Waals surface area contributed by atoms with Crippen molar-refractivity contribution in [1.29, 1.82) is 0 Å². The number of methoxy groups -OCH3 is 1. The molecule has 3 aromatic rings. The van der Waals surface area contributed by atoms with Gasteiger partial charge in [0.05, 0.1) is 7.11 Å². The van der Waals surface area contributed by atoms with Gasteiger partial charge in [-0.2, -0.15) is 0 Å². The van der Waals surface area contributed by atoms with Gasteiger partial charge in [0.15, 0.2) is 11.6 Å². The zero-order valence-corrected chi connectivity index (χ0v) is 18.1. The molecule has 0 unspecified atom stereocenters. The molecule has 0 saturated heterocycles. The molecular formula is C19H25IN6O. The van der Waals surface area contributed by atoms with Gasteiger partial charge in [-0.05, 0) is 29.8 Å². The number of aliphatic imine (C=N–C) groups is 1. The summed E-state index contributed by atoms with van der Waals surface area (Å²) in [6, 6.07) is 13.9. The highest BCUT2D eigenvalue weighted by molar-refractivity contribution is 14.0. The van der Waals surface area contributed by atoms with E-state index in [2.05, 4.69) is 37.5 Å². The van der Waals surface area contributed by atoms with Crippen molar-refractivity contribution in [3.63, 3.8) is 0 Å². The van der Waals surface area contributed by atoms with Gasteiger partial charge in [-0.1, -0.05) is 18.2 Å². The number of guanidine groups is 1. The predicted molar refractivity (Wildman–Crippen MR) is 118 cm³/mol. The number of nitrogens with one attached hydrogen (secondary N) is 1. The second-order valence-corrected chi connectivity index (χ2v) is 5.97. The SMILES string of the molecule is CN=C(NCCc1nnc2ccccn12)N(C)Cc1ccc(OC)cc1.I. The number of rotatable bonds is 6. The van der Waals surface area contributed by atoms with Crippen LogP contribution in [0.1, 0.15) is 11.4 Å². The lowest BCUT2D eigenvalue weighted by Crippen LogP contribution is -2.39. The van der Waals surface area contributed by atoms with Gasteiger partial charge in [0.1, 0.15) is 11.6 Å². The molecule has 0 aliphatic heterocycles. The number of ether oxygens (including phenoxy) is 1. The molecule has 144 valence electrons.